The van der Waals surface area contributed by atoms with Gasteiger partial charge >= 0.3 is 0 Å². The Bertz CT molecular complexity index is 516. The summed E-state index contributed by atoms with van der Waals surface area (Å²) < 4.78 is 1.90. The minimum Gasteiger partial charge on any atom is -0.349 e. The first kappa shape index (κ1) is 14.5. The molecule has 3 aliphatic heterocycles. The molecule has 0 saturated carbocycles. The van der Waals surface area contributed by atoms with Gasteiger partial charge in [0.15, 0.2) is 0 Å². The molecule has 116 valence electrons. The highest BCUT2D eigenvalue weighted by atomic mass is 16.1. The minimum absolute atomic E-state index is 0.0600. The quantitative estimate of drug-likeness (QED) is 0.878. The van der Waals surface area contributed by atoms with Gasteiger partial charge in [-0.1, -0.05) is 0 Å². The van der Waals surface area contributed by atoms with Crippen LogP contribution in [-0.2, 0) is 0 Å². The number of aryl methyl sites for hydroxylation is 1. The van der Waals surface area contributed by atoms with Crippen molar-refractivity contribution in [2.24, 2.45) is 0 Å². The van der Waals surface area contributed by atoms with Crippen molar-refractivity contribution in [2.75, 3.05) is 39.3 Å². The van der Waals surface area contributed by atoms with Gasteiger partial charge < -0.3 is 5.32 Å². The number of fused-ring (bicyclic) bond motifs is 3. The maximum Gasteiger partial charge on any atom is 0.271 e. The van der Waals surface area contributed by atoms with Crippen molar-refractivity contribution in [2.45, 2.75) is 32.9 Å². The molecule has 1 amide bonds. The maximum atomic E-state index is 12.3. The summed E-state index contributed by atoms with van der Waals surface area (Å²) >= 11 is 0. The number of hydrogen-bond acceptors (Lipinski definition) is 4. The van der Waals surface area contributed by atoms with Crippen LogP contribution in [0.4, 0.5) is 0 Å². The molecule has 0 radical (unpaired) electrons. The average Bonchev–Trinajstić information content (AvgIpc) is 2.88. The minimum atomic E-state index is -0.0600. The monoisotopic (exact) mass is 291 g/mol. The van der Waals surface area contributed by atoms with Gasteiger partial charge in [-0.15, -0.1) is 0 Å². The Morgan fingerprint density at radius 2 is 2.10 bits per heavy atom. The number of hydrogen-bond donors (Lipinski definition) is 1. The van der Waals surface area contributed by atoms with E-state index in [2.05, 4.69) is 34.1 Å². The van der Waals surface area contributed by atoms with E-state index in [9.17, 15) is 4.79 Å². The zero-order valence-electron chi connectivity index (χ0n) is 13.2. The van der Waals surface area contributed by atoms with E-state index in [1.807, 2.05) is 17.7 Å². The first-order valence-electron chi connectivity index (χ1n) is 7.85. The lowest BCUT2D eigenvalue weighted by atomic mass is 10.1. The Balaban J connectivity index is 1.58. The number of piperazine rings is 3. The maximum absolute atomic E-state index is 12.3. The van der Waals surface area contributed by atoms with Crippen LogP contribution in [0.3, 0.4) is 0 Å². The Morgan fingerprint density at radius 3 is 2.62 bits per heavy atom. The van der Waals surface area contributed by atoms with Crippen LogP contribution in [0, 0.1) is 6.92 Å². The Labute approximate surface area is 126 Å². The molecule has 1 atom stereocenters. The molecule has 6 heteroatoms. The lowest BCUT2D eigenvalue weighted by molar-refractivity contribution is 0.0138. The molecule has 4 heterocycles. The molecule has 1 N–H and O–H groups in total. The van der Waals surface area contributed by atoms with Crippen LogP contribution in [0.5, 0.6) is 0 Å². The van der Waals surface area contributed by atoms with Crippen LogP contribution in [0.25, 0.3) is 0 Å². The summed E-state index contributed by atoms with van der Waals surface area (Å²) in [6, 6.07) is 2.59. The molecule has 1 aromatic heterocycles. The van der Waals surface area contributed by atoms with Crippen molar-refractivity contribution in [3.63, 3.8) is 0 Å². The van der Waals surface area contributed by atoms with E-state index in [0.29, 0.717) is 18.3 Å². The second-order valence-electron chi connectivity index (χ2n) is 6.41. The third-order valence-corrected chi connectivity index (χ3v) is 4.53. The molecule has 1 unspecified atom stereocenters. The van der Waals surface area contributed by atoms with E-state index < -0.39 is 0 Å². The highest BCUT2D eigenvalue weighted by Crippen LogP contribution is 2.15. The number of nitrogens with one attached hydrogen (secondary N) is 1. The fraction of sp³-hybridized carbons (Fsp3) is 0.733. The highest BCUT2D eigenvalue weighted by molar-refractivity contribution is 5.92. The molecule has 0 spiro atoms. The van der Waals surface area contributed by atoms with Gasteiger partial charge in [0.1, 0.15) is 5.69 Å². The number of amides is 1. The second kappa shape index (κ2) is 5.77. The zero-order chi connectivity index (χ0) is 15.0. The van der Waals surface area contributed by atoms with Crippen LogP contribution in [0.2, 0.25) is 0 Å². The standard InChI is InChI=1S/C15H25N5O/c1-11(2)20-12(3)8-14(17-20)15(21)16-9-13-10-18-4-6-19(13)7-5-18/h8,11,13H,4-7,9-10H2,1-3H3,(H,16,21). The molecule has 0 aromatic carbocycles. The van der Waals surface area contributed by atoms with Gasteiger partial charge in [0.2, 0.25) is 0 Å². The van der Waals surface area contributed by atoms with E-state index in [4.69, 9.17) is 0 Å². The van der Waals surface area contributed by atoms with Gasteiger partial charge in [0, 0.05) is 57.0 Å². The molecular formula is C15H25N5O. The average molecular weight is 291 g/mol. The lowest BCUT2D eigenvalue weighted by Gasteiger charge is -2.47. The van der Waals surface area contributed by atoms with Crippen LogP contribution >= 0.6 is 0 Å². The topological polar surface area (TPSA) is 53.4 Å². The highest BCUT2D eigenvalue weighted by Gasteiger charge is 2.31. The van der Waals surface area contributed by atoms with Gasteiger partial charge in [-0.05, 0) is 26.8 Å². The van der Waals surface area contributed by atoms with Crippen molar-refractivity contribution < 1.29 is 4.79 Å². The molecule has 1 aromatic rings. The van der Waals surface area contributed by atoms with E-state index in [1.54, 1.807) is 0 Å². The van der Waals surface area contributed by atoms with Gasteiger partial charge in [-0.2, -0.15) is 5.10 Å². The summed E-state index contributed by atoms with van der Waals surface area (Å²) in [6.07, 6.45) is 0. The number of aromatic nitrogens is 2. The largest absolute Gasteiger partial charge is 0.349 e. The lowest BCUT2D eigenvalue weighted by Crippen LogP contribution is -2.63. The van der Waals surface area contributed by atoms with E-state index in [0.717, 1.165) is 25.3 Å². The summed E-state index contributed by atoms with van der Waals surface area (Å²) in [4.78, 5) is 17.2. The van der Waals surface area contributed by atoms with Crippen molar-refractivity contribution in [3.8, 4) is 0 Å². The van der Waals surface area contributed by atoms with Gasteiger partial charge in [0.25, 0.3) is 5.91 Å². The smallest absolute Gasteiger partial charge is 0.271 e. The van der Waals surface area contributed by atoms with Crippen LogP contribution < -0.4 is 5.32 Å². The third kappa shape index (κ3) is 2.96. The molecule has 3 fully saturated rings. The van der Waals surface area contributed by atoms with Crippen molar-refractivity contribution in [1.29, 1.82) is 0 Å². The molecule has 2 bridgehead atoms. The number of rotatable bonds is 4. The fourth-order valence-electron chi connectivity index (χ4n) is 3.34. The molecule has 6 nitrogen and oxygen atoms in total. The number of nitrogens with zero attached hydrogens (tertiary/aromatic N) is 4. The predicted molar refractivity (Wildman–Crippen MR) is 81.5 cm³/mol. The Hall–Kier alpha value is -1.40. The summed E-state index contributed by atoms with van der Waals surface area (Å²) in [5.74, 6) is -0.0600. The summed E-state index contributed by atoms with van der Waals surface area (Å²) in [6.45, 7) is 12.5. The number of carbonyl (C=O) groups excluding carboxylic acids is 1. The van der Waals surface area contributed by atoms with Crippen molar-refractivity contribution in [1.82, 2.24) is 24.9 Å². The van der Waals surface area contributed by atoms with Gasteiger partial charge in [0.05, 0.1) is 0 Å². The first-order chi connectivity index (χ1) is 10.0. The second-order valence-corrected chi connectivity index (χ2v) is 6.41. The van der Waals surface area contributed by atoms with Crippen molar-refractivity contribution in [3.05, 3.63) is 17.5 Å². The first-order valence-corrected chi connectivity index (χ1v) is 7.85. The SMILES string of the molecule is Cc1cc(C(=O)NCC2CN3CCN2CC3)nn1C(C)C. The van der Waals surface area contributed by atoms with Crippen molar-refractivity contribution >= 4 is 5.91 Å². The summed E-state index contributed by atoms with van der Waals surface area (Å²) in [7, 11) is 0. The van der Waals surface area contributed by atoms with Crippen LogP contribution in [-0.4, -0.2) is 70.8 Å². The summed E-state index contributed by atoms with van der Waals surface area (Å²) in [5, 5.41) is 7.45. The fourth-order valence-corrected chi connectivity index (χ4v) is 3.34. The molecule has 3 aliphatic rings. The Morgan fingerprint density at radius 1 is 1.38 bits per heavy atom. The third-order valence-electron chi connectivity index (χ3n) is 4.53. The van der Waals surface area contributed by atoms with Crippen LogP contribution in [0.15, 0.2) is 6.07 Å². The van der Waals surface area contributed by atoms with E-state index >= 15 is 0 Å². The summed E-state index contributed by atoms with van der Waals surface area (Å²) in [5.41, 5.74) is 1.55. The van der Waals surface area contributed by atoms with Gasteiger partial charge in [-0.3, -0.25) is 19.3 Å². The van der Waals surface area contributed by atoms with Gasteiger partial charge in [-0.25, -0.2) is 0 Å². The predicted octanol–water partition coefficient (Wildman–Crippen LogP) is 0.502. The molecule has 4 rings (SSSR count). The molecule has 3 saturated heterocycles. The van der Waals surface area contributed by atoms with E-state index in [-0.39, 0.29) is 11.9 Å². The zero-order valence-corrected chi connectivity index (χ0v) is 13.2. The normalized spacial score (nSPS) is 28.1. The molecule has 21 heavy (non-hydrogen) atoms. The van der Waals surface area contributed by atoms with Crippen LogP contribution in [0.1, 0.15) is 36.1 Å². The molecular weight excluding hydrogens is 266 g/mol. The van der Waals surface area contributed by atoms with E-state index in [1.165, 1.54) is 13.1 Å². The number of carbonyl (C=O) groups is 1. The Kier molecular flexibility index (Phi) is 3.99. The molecule has 0 aliphatic carbocycles.